The molecule has 0 heterocycles. The van der Waals surface area contributed by atoms with Gasteiger partial charge in [-0.3, -0.25) is 9.69 Å². The van der Waals surface area contributed by atoms with Crippen LogP contribution in [0.3, 0.4) is 0 Å². The molecule has 0 atom stereocenters. The van der Waals surface area contributed by atoms with Gasteiger partial charge in [-0.25, -0.2) is 0 Å². The molecular formula is C23H31NO3S. The van der Waals surface area contributed by atoms with Gasteiger partial charge in [-0.2, -0.15) is 0 Å². The molecule has 4 nitrogen and oxygen atoms in total. The Morgan fingerprint density at radius 1 is 0.786 bits per heavy atom. The fraction of sp³-hybridized carbons (Fsp3) is 0.435. The Balaban J connectivity index is 2.05. The number of hydrogen-bond donors (Lipinski definition) is 1. The Morgan fingerprint density at radius 2 is 1.14 bits per heavy atom. The van der Waals surface area contributed by atoms with Gasteiger partial charge in [-0.1, -0.05) is 40.3 Å². The van der Waals surface area contributed by atoms with Crippen molar-refractivity contribution in [1.82, 2.24) is 0 Å². The third kappa shape index (κ3) is 7.12. The van der Waals surface area contributed by atoms with Crippen molar-refractivity contribution < 1.29 is 14.3 Å². The maximum absolute atomic E-state index is 12.1. The summed E-state index contributed by atoms with van der Waals surface area (Å²) in [4.78, 5) is 13.7. The van der Waals surface area contributed by atoms with E-state index in [-0.39, 0.29) is 5.24 Å². The van der Waals surface area contributed by atoms with Crippen molar-refractivity contribution in [2.24, 2.45) is 11.8 Å². The lowest BCUT2D eigenvalue weighted by Crippen LogP contribution is -2.19. The van der Waals surface area contributed by atoms with Gasteiger partial charge in [0.15, 0.2) is 0 Å². The molecule has 2 aromatic rings. The fourth-order valence-electron chi connectivity index (χ4n) is 2.58. The molecule has 0 aliphatic rings. The van der Waals surface area contributed by atoms with Crippen LogP contribution in [0.15, 0.2) is 48.5 Å². The SMILES string of the molecule is CC(C)CCOc1ccc(N(C(=O)S)c2ccc(OCCC(C)C)cc2)cc1. The minimum Gasteiger partial charge on any atom is -0.494 e. The van der Waals surface area contributed by atoms with E-state index in [1.165, 1.54) is 0 Å². The lowest BCUT2D eigenvalue weighted by atomic mass is 10.1. The Morgan fingerprint density at radius 3 is 1.43 bits per heavy atom. The van der Waals surface area contributed by atoms with Crippen molar-refractivity contribution in [3.8, 4) is 11.5 Å². The second-order valence-corrected chi connectivity index (χ2v) is 8.05. The molecule has 0 bridgehead atoms. The normalized spacial score (nSPS) is 11.0. The zero-order valence-corrected chi connectivity index (χ0v) is 18.1. The van der Waals surface area contributed by atoms with E-state index < -0.39 is 0 Å². The Bertz CT molecular complexity index is 669. The summed E-state index contributed by atoms with van der Waals surface area (Å²) in [6.07, 6.45) is 2.02. The van der Waals surface area contributed by atoms with Crippen LogP contribution in [0.4, 0.5) is 16.2 Å². The Kier molecular flexibility index (Phi) is 8.71. The molecule has 0 unspecified atom stereocenters. The molecule has 2 aromatic carbocycles. The predicted octanol–water partition coefficient (Wildman–Crippen LogP) is 6.72. The topological polar surface area (TPSA) is 38.8 Å². The monoisotopic (exact) mass is 401 g/mol. The quantitative estimate of drug-likeness (QED) is 0.449. The van der Waals surface area contributed by atoms with Gasteiger partial charge in [0.2, 0.25) is 0 Å². The first-order valence-corrected chi connectivity index (χ1v) is 10.3. The van der Waals surface area contributed by atoms with Crippen LogP contribution in [0.25, 0.3) is 0 Å². The van der Waals surface area contributed by atoms with Crippen LogP contribution in [0.1, 0.15) is 40.5 Å². The second-order valence-electron chi connectivity index (χ2n) is 7.67. The molecule has 2 rings (SSSR count). The molecule has 5 heteroatoms. The molecule has 0 saturated heterocycles. The average molecular weight is 402 g/mol. The lowest BCUT2D eigenvalue weighted by molar-refractivity contribution is 0.267. The van der Waals surface area contributed by atoms with E-state index in [1.54, 1.807) is 4.90 Å². The molecule has 0 N–H and O–H groups in total. The Labute approximate surface area is 174 Å². The van der Waals surface area contributed by atoms with Gasteiger partial charge in [-0.05, 0) is 73.2 Å². The van der Waals surface area contributed by atoms with Crippen molar-refractivity contribution in [2.45, 2.75) is 40.5 Å². The highest BCUT2D eigenvalue weighted by molar-refractivity contribution is 7.97. The van der Waals surface area contributed by atoms with E-state index in [0.717, 1.165) is 35.7 Å². The van der Waals surface area contributed by atoms with Gasteiger partial charge < -0.3 is 9.47 Å². The summed E-state index contributed by atoms with van der Waals surface area (Å²) in [5, 5.41) is -0.345. The van der Waals surface area contributed by atoms with Crippen LogP contribution >= 0.6 is 12.6 Å². The van der Waals surface area contributed by atoms with Crippen LogP contribution < -0.4 is 14.4 Å². The van der Waals surface area contributed by atoms with E-state index in [0.29, 0.717) is 25.0 Å². The molecule has 0 fully saturated rings. The van der Waals surface area contributed by atoms with Crippen LogP contribution in [0.5, 0.6) is 11.5 Å². The standard InChI is InChI=1S/C23H31NO3S/c1-17(2)13-15-26-21-9-5-19(6-10-21)24(23(25)28)20-7-11-22(12-8-20)27-16-14-18(3)4/h5-12,17-18H,13-16H2,1-4H3,(H,25,28). The molecular weight excluding hydrogens is 370 g/mol. The molecule has 0 radical (unpaired) electrons. The summed E-state index contributed by atoms with van der Waals surface area (Å²) in [5.74, 6) is 2.80. The summed E-state index contributed by atoms with van der Waals surface area (Å²) in [6.45, 7) is 10.0. The van der Waals surface area contributed by atoms with E-state index in [1.807, 2.05) is 48.5 Å². The minimum absolute atomic E-state index is 0.345. The number of anilines is 2. The van der Waals surface area contributed by atoms with Crippen molar-refractivity contribution >= 4 is 29.2 Å². The molecule has 0 saturated carbocycles. The second kappa shape index (κ2) is 11.0. The fourth-order valence-corrected chi connectivity index (χ4v) is 2.81. The molecule has 0 aliphatic heterocycles. The van der Waals surface area contributed by atoms with Gasteiger partial charge >= 0.3 is 0 Å². The number of ether oxygens (including phenoxy) is 2. The van der Waals surface area contributed by atoms with E-state index in [2.05, 4.69) is 40.3 Å². The lowest BCUT2D eigenvalue weighted by Gasteiger charge is -2.21. The molecule has 0 aliphatic carbocycles. The third-order valence-corrected chi connectivity index (χ3v) is 4.51. The van der Waals surface area contributed by atoms with Crippen LogP contribution in [-0.4, -0.2) is 18.5 Å². The largest absolute Gasteiger partial charge is 0.494 e. The van der Waals surface area contributed by atoms with Crippen LogP contribution in [0.2, 0.25) is 0 Å². The van der Waals surface area contributed by atoms with E-state index >= 15 is 0 Å². The van der Waals surface area contributed by atoms with Crippen molar-refractivity contribution in [2.75, 3.05) is 18.1 Å². The highest BCUT2D eigenvalue weighted by Gasteiger charge is 2.15. The summed E-state index contributed by atoms with van der Waals surface area (Å²) in [5.41, 5.74) is 1.48. The summed E-state index contributed by atoms with van der Waals surface area (Å²) in [6, 6.07) is 15.0. The molecule has 28 heavy (non-hydrogen) atoms. The zero-order chi connectivity index (χ0) is 20.5. The van der Waals surface area contributed by atoms with Gasteiger partial charge in [0, 0.05) is 11.4 Å². The van der Waals surface area contributed by atoms with E-state index in [4.69, 9.17) is 9.47 Å². The number of nitrogens with zero attached hydrogens (tertiary/aromatic N) is 1. The number of amides is 1. The van der Waals surface area contributed by atoms with Crippen LogP contribution in [-0.2, 0) is 0 Å². The Hall–Kier alpha value is -2.14. The summed E-state index contributed by atoms with van der Waals surface area (Å²) >= 11 is 4.05. The van der Waals surface area contributed by atoms with Gasteiger partial charge in [0.25, 0.3) is 5.24 Å². The molecule has 152 valence electrons. The first-order chi connectivity index (χ1) is 13.4. The maximum atomic E-state index is 12.1. The van der Waals surface area contributed by atoms with E-state index in [9.17, 15) is 4.79 Å². The smallest absolute Gasteiger partial charge is 0.287 e. The van der Waals surface area contributed by atoms with Gasteiger partial charge in [-0.15, -0.1) is 0 Å². The van der Waals surface area contributed by atoms with Gasteiger partial charge in [0.1, 0.15) is 11.5 Å². The minimum atomic E-state index is -0.345. The highest BCUT2D eigenvalue weighted by Crippen LogP contribution is 2.30. The zero-order valence-electron chi connectivity index (χ0n) is 17.2. The van der Waals surface area contributed by atoms with Crippen molar-refractivity contribution in [1.29, 1.82) is 0 Å². The average Bonchev–Trinajstić information content (AvgIpc) is 2.64. The predicted molar refractivity (Wildman–Crippen MR) is 119 cm³/mol. The summed E-state index contributed by atoms with van der Waals surface area (Å²) < 4.78 is 11.5. The molecule has 1 amide bonds. The number of rotatable bonds is 10. The number of hydrogen-bond acceptors (Lipinski definition) is 3. The van der Waals surface area contributed by atoms with Crippen LogP contribution in [0, 0.1) is 11.8 Å². The highest BCUT2D eigenvalue weighted by atomic mass is 32.1. The van der Waals surface area contributed by atoms with Crippen molar-refractivity contribution in [3.05, 3.63) is 48.5 Å². The number of benzene rings is 2. The van der Waals surface area contributed by atoms with Gasteiger partial charge in [0.05, 0.1) is 13.2 Å². The first kappa shape index (κ1) is 22.2. The maximum Gasteiger partial charge on any atom is 0.287 e. The summed E-state index contributed by atoms with van der Waals surface area (Å²) in [7, 11) is 0. The first-order valence-electron chi connectivity index (χ1n) is 9.85. The molecule has 0 spiro atoms. The number of carbonyl (C=O) groups is 1. The number of carbonyl (C=O) groups excluding carboxylic acids is 1. The number of thiol groups is 1. The third-order valence-electron chi connectivity index (χ3n) is 4.31. The van der Waals surface area contributed by atoms with Crippen molar-refractivity contribution in [3.63, 3.8) is 0 Å². The molecule has 0 aromatic heterocycles.